The molecule has 0 aromatic rings. The van der Waals surface area contributed by atoms with Gasteiger partial charge in [0.25, 0.3) is 0 Å². The van der Waals surface area contributed by atoms with Crippen LogP contribution in [0.4, 0.5) is 0 Å². The second-order valence-electron chi connectivity index (χ2n) is 4.07. The highest BCUT2D eigenvalue weighted by Crippen LogP contribution is 2.08. The van der Waals surface area contributed by atoms with E-state index in [2.05, 4.69) is 10.6 Å². The molecule has 1 aliphatic heterocycles. The fourth-order valence-electron chi connectivity index (χ4n) is 1.75. The van der Waals surface area contributed by atoms with E-state index in [0.717, 1.165) is 25.9 Å². The zero-order valence-electron chi connectivity index (χ0n) is 10.0. The van der Waals surface area contributed by atoms with Crippen molar-refractivity contribution in [3.63, 3.8) is 0 Å². The number of carbonyl (C=O) groups is 2. The minimum atomic E-state index is -0.360. The normalized spacial score (nSPS) is 16.4. The first kappa shape index (κ1) is 13.5. The third-order valence-corrected chi connectivity index (χ3v) is 2.72. The van der Waals surface area contributed by atoms with Crippen molar-refractivity contribution in [2.24, 2.45) is 0 Å². The van der Waals surface area contributed by atoms with Gasteiger partial charge in [0, 0.05) is 13.1 Å². The average Bonchev–Trinajstić information content (AvgIpc) is 2.86. The molecular formula is C11H18N4O2. The lowest BCUT2D eigenvalue weighted by Crippen LogP contribution is -2.46. The largest absolute Gasteiger partial charge is 0.342 e. The maximum Gasteiger partial charge on any atom is 0.239 e. The lowest BCUT2D eigenvalue weighted by atomic mass is 10.3. The van der Waals surface area contributed by atoms with E-state index in [-0.39, 0.29) is 30.9 Å². The molecule has 1 atom stereocenters. The molecule has 0 radical (unpaired) electrons. The molecule has 0 aromatic heterocycles. The van der Waals surface area contributed by atoms with Crippen molar-refractivity contribution in [1.82, 2.24) is 15.5 Å². The number of hydrogen-bond acceptors (Lipinski definition) is 4. The van der Waals surface area contributed by atoms with Crippen molar-refractivity contribution in [3.8, 4) is 6.07 Å². The fraction of sp³-hybridized carbons (Fsp3) is 0.727. The molecule has 94 valence electrons. The van der Waals surface area contributed by atoms with Gasteiger partial charge in [-0.3, -0.25) is 14.9 Å². The van der Waals surface area contributed by atoms with Gasteiger partial charge in [-0.1, -0.05) is 0 Å². The van der Waals surface area contributed by atoms with E-state index in [4.69, 9.17) is 5.26 Å². The number of nitriles is 1. The molecule has 1 heterocycles. The van der Waals surface area contributed by atoms with Gasteiger partial charge in [0.05, 0.1) is 18.7 Å². The van der Waals surface area contributed by atoms with E-state index in [1.165, 1.54) is 0 Å². The third kappa shape index (κ3) is 4.41. The van der Waals surface area contributed by atoms with E-state index in [9.17, 15) is 9.59 Å². The zero-order chi connectivity index (χ0) is 12.7. The van der Waals surface area contributed by atoms with Crippen LogP contribution in [-0.2, 0) is 9.59 Å². The van der Waals surface area contributed by atoms with Gasteiger partial charge < -0.3 is 10.2 Å². The van der Waals surface area contributed by atoms with Crippen molar-refractivity contribution in [3.05, 3.63) is 0 Å². The molecule has 0 spiro atoms. The molecule has 2 N–H and O–H groups in total. The molecule has 1 aliphatic rings. The van der Waals surface area contributed by atoms with Crippen LogP contribution in [0.25, 0.3) is 0 Å². The second-order valence-corrected chi connectivity index (χ2v) is 4.07. The van der Waals surface area contributed by atoms with Crippen LogP contribution in [0.5, 0.6) is 0 Å². The second kappa shape index (κ2) is 6.86. The monoisotopic (exact) mass is 238 g/mol. The Morgan fingerprint density at radius 3 is 2.65 bits per heavy atom. The Balaban J connectivity index is 2.24. The highest BCUT2D eigenvalue weighted by molar-refractivity contribution is 5.83. The van der Waals surface area contributed by atoms with Crippen LogP contribution in [0, 0.1) is 11.3 Å². The summed E-state index contributed by atoms with van der Waals surface area (Å²) in [5.74, 6) is -0.233. The van der Waals surface area contributed by atoms with Crippen LogP contribution >= 0.6 is 0 Å². The Kier molecular flexibility index (Phi) is 5.43. The summed E-state index contributed by atoms with van der Waals surface area (Å²) in [6.07, 6.45) is 2.11. The number of nitrogens with one attached hydrogen (secondary N) is 2. The van der Waals surface area contributed by atoms with Crippen molar-refractivity contribution in [1.29, 1.82) is 5.26 Å². The first-order chi connectivity index (χ1) is 8.15. The first-order valence-electron chi connectivity index (χ1n) is 5.81. The molecule has 1 fully saturated rings. The number of hydrogen-bond donors (Lipinski definition) is 2. The van der Waals surface area contributed by atoms with E-state index in [0.29, 0.717) is 0 Å². The van der Waals surface area contributed by atoms with Gasteiger partial charge in [0.1, 0.15) is 6.54 Å². The predicted molar refractivity (Wildman–Crippen MR) is 61.9 cm³/mol. The highest BCUT2D eigenvalue weighted by Gasteiger charge is 2.22. The van der Waals surface area contributed by atoms with Crippen LogP contribution < -0.4 is 10.6 Å². The van der Waals surface area contributed by atoms with Crippen molar-refractivity contribution >= 4 is 11.8 Å². The molecule has 0 aromatic carbocycles. The summed E-state index contributed by atoms with van der Waals surface area (Å²) in [4.78, 5) is 24.9. The Hall–Kier alpha value is -1.61. The van der Waals surface area contributed by atoms with E-state index >= 15 is 0 Å². The van der Waals surface area contributed by atoms with Gasteiger partial charge in [-0.15, -0.1) is 0 Å². The molecule has 6 nitrogen and oxygen atoms in total. The molecule has 0 saturated carbocycles. The quantitative estimate of drug-likeness (QED) is 0.616. The minimum Gasteiger partial charge on any atom is -0.342 e. The number of amides is 2. The number of nitrogens with zero attached hydrogens (tertiary/aromatic N) is 2. The van der Waals surface area contributed by atoms with Crippen molar-refractivity contribution in [2.75, 3.05) is 26.2 Å². The summed E-state index contributed by atoms with van der Waals surface area (Å²) in [5, 5.41) is 13.5. The Morgan fingerprint density at radius 1 is 1.41 bits per heavy atom. The maximum absolute atomic E-state index is 11.9. The molecule has 1 rings (SSSR count). The minimum absolute atomic E-state index is 0.00499. The number of likely N-dealkylation sites (tertiary alicyclic amines) is 1. The lowest BCUT2D eigenvalue weighted by Gasteiger charge is -2.20. The van der Waals surface area contributed by atoms with Crippen LogP contribution in [-0.4, -0.2) is 48.9 Å². The van der Waals surface area contributed by atoms with E-state index in [1.54, 1.807) is 6.92 Å². The Morgan fingerprint density at radius 2 is 2.06 bits per heavy atom. The smallest absolute Gasteiger partial charge is 0.239 e. The van der Waals surface area contributed by atoms with Crippen LogP contribution in [0.15, 0.2) is 0 Å². The lowest BCUT2D eigenvalue weighted by molar-refractivity contribution is -0.132. The average molecular weight is 238 g/mol. The summed E-state index contributed by atoms with van der Waals surface area (Å²) >= 11 is 0. The molecule has 2 amide bonds. The van der Waals surface area contributed by atoms with Gasteiger partial charge in [-0.05, 0) is 19.8 Å². The summed E-state index contributed by atoms with van der Waals surface area (Å²) < 4.78 is 0. The van der Waals surface area contributed by atoms with Gasteiger partial charge in [-0.2, -0.15) is 5.26 Å². The van der Waals surface area contributed by atoms with Gasteiger partial charge in [0.15, 0.2) is 0 Å². The maximum atomic E-state index is 11.9. The molecule has 1 unspecified atom stereocenters. The molecule has 0 bridgehead atoms. The first-order valence-corrected chi connectivity index (χ1v) is 5.81. The summed E-state index contributed by atoms with van der Waals surface area (Å²) in [6, 6.07) is 1.46. The Bertz CT molecular complexity index is 318. The van der Waals surface area contributed by atoms with E-state index in [1.807, 2.05) is 11.0 Å². The topological polar surface area (TPSA) is 85.2 Å². The molecule has 6 heteroatoms. The zero-order valence-corrected chi connectivity index (χ0v) is 10.0. The van der Waals surface area contributed by atoms with Crippen molar-refractivity contribution < 1.29 is 9.59 Å². The van der Waals surface area contributed by atoms with Gasteiger partial charge in [-0.25, -0.2) is 0 Å². The SMILES string of the molecule is CC(NCC(=O)NCC#N)C(=O)N1CCCC1. The van der Waals surface area contributed by atoms with Crippen LogP contribution in [0.3, 0.4) is 0 Å². The highest BCUT2D eigenvalue weighted by atomic mass is 16.2. The van der Waals surface area contributed by atoms with Gasteiger partial charge >= 0.3 is 0 Å². The van der Waals surface area contributed by atoms with Crippen molar-refractivity contribution in [2.45, 2.75) is 25.8 Å². The molecule has 1 saturated heterocycles. The van der Waals surface area contributed by atoms with Gasteiger partial charge in [0.2, 0.25) is 11.8 Å². The summed E-state index contributed by atoms with van der Waals surface area (Å²) in [7, 11) is 0. The van der Waals surface area contributed by atoms with Crippen LogP contribution in [0.1, 0.15) is 19.8 Å². The fourth-order valence-corrected chi connectivity index (χ4v) is 1.75. The molecule has 0 aliphatic carbocycles. The molecule has 17 heavy (non-hydrogen) atoms. The number of carbonyl (C=O) groups excluding carboxylic acids is 2. The molecular weight excluding hydrogens is 220 g/mol. The van der Waals surface area contributed by atoms with Crippen LogP contribution in [0.2, 0.25) is 0 Å². The summed E-state index contributed by atoms with van der Waals surface area (Å²) in [5.41, 5.74) is 0. The standard InChI is InChI=1S/C11H18N4O2/c1-9(11(17)15-6-2-3-7-15)14-8-10(16)13-5-4-12/h9,14H,2-3,5-8H2,1H3,(H,13,16). The number of rotatable bonds is 5. The third-order valence-electron chi connectivity index (χ3n) is 2.72. The summed E-state index contributed by atoms with van der Waals surface area (Å²) in [6.45, 7) is 3.42. The Labute approximate surface area is 101 Å². The predicted octanol–water partition coefficient (Wildman–Crippen LogP) is -0.773. The van der Waals surface area contributed by atoms with E-state index < -0.39 is 0 Å².